The number of nitrogens with one attached hydrogen (secondary N) is 2. The van der Waals surface area contributed by atoms with Crippen LogP contribution < -0.4 is 16.8 Å². The lowest BCUT2D eigenvalue weighted by Gasteiger charge is -2.34. The normalized spacial score (nSPS) is 19.4. The molecule has 27 heavy (non-hydrogen) atoms. The van der Waals surface area contributed by atoms with E-state index in [-0.39, 0.29) is 0 Å². The zero-order chi connectivity index (χ0) is 19.3. The van der Waals surface area contributed by atoms with Crippen LogP contribution in [0.25, 0.3) is 5.57 Å². The van der Waals surface area contributed by atoms with Gasteiger partial charge in [0.1, 0.15) is 17.4 Å². The topological polar surface area (TPSA) is 137 Å². The molecule has 0 aromatic carbocycles. The summed E-state index contributed by atoms with van der Waals surface area (Å²) in [5, 5.41) is 10.5. The minimum Gasteiger partial charge on any atom is -0.496 e. The second-order valence-corrected chi connectivity index (χ2v) is 6.39. The molecule has 1 atom stereocenters. The van der Waals surface area contributed by atoms with Gasteiger partial charge in [-0.15, -0.1) is 0 Å². The summed E-state index contributed by atoms with van der Waals surface area (Å²) in [5.41, 5.74) is 12.3. The van der Waals surface area contributed by atoms with E-state index in [1.807, 2.05) is 25.1 Å². The van der Waals surface area contributed by atoms with Crippen LogP contribution in [0.1, 0.15) is 25.5 Å². The second kappa shape index (κ2) is 8.19. The number of nitrogens with two attached hydrogens (primary N) is 2. The third-order valence-electron chi connectivity index (χ3n) is 4.32. The molecule has 0 saturated carbocycles. The third-order valence-corrected chi connectivity index (χ3v) is 4.32. The van der Waals surface area contributed by atoms with Crippen LogP contribution in [0, 0.1) is 0 Å². The number of ether oxygens (including phenoxy) is 2. The first-order valence-electron chi connectivity index (χ1n) is 8.75. The highest BCUT2D eigenvalue weighted by Crippen LogP contribution is 2.40. The molecule has 9 heteroatoms. The van der Waals surface area contributed by atoms with Gasteiger partial charge in [0.25, 0.3) is 0 Å². The SMILES string of the molecule is COC1=C(c2cc(Nc3cnc(N)cn3)n[nH]2)C(C)(OCCCN)CC=C1. The highest BCUT2D eigenvalue weighted by molar-refractivity contribution is 5.76. The van der Waals surface area contributed by atoms with Crippen LogP contribution in [0.15, 0.2) is 36.4 Å². The third kappa shape index (κ3) is 4.26. The van der Waals surface area contributed by atoms with Gasteiger partial charge in [0.15, 0.2) is 5.82 Å². The van der Waals surface area contributed by atoms with Crippen molar-refractivity contribution < 1.29 is 9.47 Å². The van der Waals surface area contributed by atoms with E-state index >= 15 is 0 Å². The first kappa shape index (κ1) is 18.9. The van der Waals surface area contributed by atoms with Crippen LogP contribution in [0.4, 0.5) is 17.5 Å². The number of nitrogen functional groups attached to an aromatic ring is 1. The molecule has 0 fully saturated rings. The van der Waals surface area contributed by atoms with Crippen molar-refractivity contribution in [2.75, 3.05) is 31.3 Å². The number of aromatic nitrogens is 4. The summed E-state index contributed by atoms with van der Waals surface area (Å²) in [6.45, 7) is 3.20. The Hall–Kier alpha value is -2.91. The molecule has 1 unspecified atom stereocenters. The van der Waals surface area contributed by atoms with Gasteiger partial charge in [-0.25, -0.2) is 9.97 Å². The van der Waals surface area contributed by atoms with Gasteiger partial charge in [0.2, 0.25) is 0 Å². The number of rotatable bonds is 8. The Labute approximate surface area is 157 Å². The van der Waals surface area contributed by atoms with Crippen LogP contribution >= 0.6 is 0 Å². The smallest absolute Gasteiger partial charge is 0.153 e. The first-order chi connectivity index (χ1) is 13.1. The van der Waals surface area contributed by atoms with Crippen molar-refractivity contribution in [3.05, 3.63) is 42.1 Å². The number of aromatic amines is 1. The molecular formula is C18H25N7O2. The monoisotopic (exact) mass is 371 g/mol. The van der Waals surface area contributed by atoms with Crippen LogP contribution in [0.5, 0.6) is 0 Å². The summed E-state index contributed by atoms with van der Waals surface area (Å²) in [6, 6.07) is 1.89. The van der Waals surface area contributed by atoms with Crippen molar-refractivity contribution in [3.8, 4) is 0 Å². The molecule has 2 aromatic rings. The van der Waals surface area contributed by atoms with E-state index in [9.17, 15) is 0 Å². The van der Waals surface area contributed by atoms with Crippen LogP contribution in [0.3, 0.4) is 0 Å². The lowest BCUT2D eigenvalue weighted by Crippen LogP contribution is -2.33. The summed E-state index contributed by atoms with van der Waals surface area (Å²) in [7, 11) is 1.64. The Morgan fingerprint density at radius 3 is 2.85 bits per heavy atom. The van der Waals surface area contributed by atoms with Crippen molar-refractivity contribution in [2.24, 2.45) is 5.73 Å². The summed E-state index contributed by atoms with van der Waals surface area (Å²) >= 11 is 0. The summed E-state index contributed by atoms with van der Waals surface area (Å²) in [6.07, 6.45) is 8.54. The number of allylic oxidation sites excluding steroid dienone is 1. The maximum Gasteiger partial charge on any atom is 0.153 e. The van der Waals surface area contributed by atoms with E-state index in [0.29, 0.717) is 30.6 Å². The Balaban J connectivity index is 1.87. The standard InChI is InChI=1S/C18H25N7O2/c1-18(27-8-4-7-19)6-3-5-13(26-2)17(18)12-9-15(25-24-12)23-16-11-21-14(20)10-22-16/h3,5,9-11H,4,6-8,19H2,1-2H3,(H2,20,21)(H2,22,23,24,25). The minimum atomic E-state index is -0.542. The predicted octanol–water partition coefficient (Wildman–Crippen LogP) is 1.97. The molecule has 2 heterocycles. The summed E-state index contributed by atoms with van der Waals surface area (Å²) < 4.78 is 11.8. The lowest BCUT2D eigenvalue weighted by molar-refractivity contribution is 0.0119. The van der Waals surface area contributed by atoms with Gasteiger partial charge in [0.05, 0.1) is 36.4 Å². The van der Waals surface area contributed by atoms with Crippen molar-refractivity contribution in [3.63, 3.8) is 0 Å². The average Bonchev–Trinajstić information content (AvgIpc) is 3.11. The number of hydrogen-bond acceptors (Lipinski definition) is 8. The molecule has 0 bridgehead atoms. The molecule has 1 aliphatic carbocycles. The predicted molar refractivity (Wildman–Crippen MR) is 104 cm³/mol. The molecule has 144 valence electrons. The molecule has 9 nitrogen and oxygen atoms in total. The van der Waals surface area contributed by atoms with E-state index < -0.39 is 5.60 Å². The van der Waals surface area contributed by atoms with E-state index in [1.54, 1.807) is 13.3 Å². The fourth-order valence-electron chi connectivity index (χ4n) is 2.98. The van der Waals surface area contributed by atoms with Gasteiger partial charge in [-0.3, -0.25) is 5.10 Å². The highest BCUT2D eigenvalue weighted by Gasteiger charge is 2.36. The molecule has 0 saturated heterocycles. The van der Waals surface area contributed by atoms with Crippen LogP contribution in [-0.2, 0) is 9.47 Å². The Kier molecular flexibility index (Phi) is 5.72. The van der Waals surface area contributed by atoms with E-state index in [4.69, 9.17) is 20.9 Å². The number of hydrogen-bond donors (Lipinski definition) is 4. The van der Waals surface area contributed by atoms with Crippen molar-refractivity contribution in [1.29, 1.82) is 0 Å². The molecule has 0 radical (unpaired) electrons. The summed E-state index contributed by atoms with van der Waals surface area (Å²) in [5.74, 6) is 2.25. The average molecular weight is 371 g/mol. The van der Waals surface area contributed by atoms with E-state index in [1.165, 1.54) is 6.20 Å². The Morgan fingerprint density at radius 1 is 1.30 bits per heavy atom. The Bertz CT molecular complexity index is 828. The number of anilines is 3. The van der Waals surface area contributed by atoms with Crippen LogP contribution in [0.2, 0.25) is 0 Å². The minimum absolute atomic E-state index is 0.359. The maximum absolute atomic E-state index is 6.18. The van der Waals surface area contributed by atoms with Crippen molar-refractivity contribution in [1.82, 2.24) is 20.2 Å². The van der Waals surface area contributed by atoms with Gasteiger partial charge in [0, 0.05) is 12.7 Å². The second-order valence-electron chi connectivity index (χ2n) is 6.39. The number of methoxy groups -OCH3 is 1. The molecule has 2 aromatic heterocycles. The molecule has 3 rings (SSSR count). The van der Waals surface area contributed by atoms with Gasteiger partial charge in [-0.1, -0.05) is 6.08 Å². The quantitative estimate of drug-likeness (QED) is 0.517. The van der Waals surface area contributed by atoms with Gasteiger partial charge < -0.3 is 26.3 Å². The number of H-pyrrole nitrogens is 1. The highest BCUT2D eigenvalue weighted by atomic mass is 16.5. The largest absolute Gasteiger partial charge is 0.496 e. The lowest BCUT2D eigenvalue weighted by atomic mass is 9.85. The molecule has 6 N–H and O–H groups in total. The van der Waals surface area contributed by atoms with Crippen molar-refractivity contribution in [2.45, 2.75) is 25.4 Å². The van der Waals surface area contributed by atoms with E-state index in [0.717, 1.165) is 29.9 Å². The van der Waals surface area contributed by atoms with Crippen LogP contribution in [-0.4, -0.2) is 46.0 Å². The van der Waals surface area contributed by atoms with Crippen molar-refractivity contribution >= 4 is 23.0 Å². The molecule has 1 aliphatic rings. The molecule has 0 aliphatic heterocycles. The zero-order valence-corrected chi connectivity index (χ0v) is 15.5. The molecule has 0 amide bonds. The molecular weight excluding hydrogens is 346 g/mol. The maximum atomic E-state index is 6.18. The Morgan fingerprint density at radius 2 is 2.15 bits per heavy atom. The fourth-order valence-corrected chi connectivity index (χ4v) is 2.98. The first-order valence-corrected chi connectivity index (χ1v) is 8.75. The van der Waals surface area contributed by atoms with Gasteiger partial charge in [-0.05, 0) is 32.4 Å². The van der Waals surface area contributed by atoms with Gasteiger partial charge in [-0.2, -0.15) is 5.10 Å². The van der Waals surface area contributed by atoms with Gasteiger partial charge >= 0.3 is 0 Å². The molecule has 0 spiro atoms. The number of nitrogens with zero attached hydrogens (tertiary/aromatic N) is 3. The fraction of sp³-hybridized carbons (Fsp3) is 0.389. The van der Waals surface area contributed by atoms with E-state index in [2.05, 4.69) is 25.5 Å². The zero-order valence-electron chi connectivity index (χ0n) is 15.5. The summed E-state index contributed by atoms with van der Waals surface area (Å²) in [4.78, 5) is 8.18.